The molecule has 1 rings (SSSR count). The second-order valence-corrected chi connectivity index (χ2v) is 4.44. The van der Waals surface area contributed by atoms with Crippen LogP contribution in [0.3, 0.4) is 0 Å². The highest BCUT2D eigenvalue weighted by Crippen LogP contribution is 2.07. The Morgan fingerprint density at radius 2 is 1.87 bits per heavy atom. The normalized spacial score (nSPS) is 18.0. The van der Waals surface area contributed by atoms with E-state index in [-0.39, 0.29) is 6.10 Å². The summed E-state index contributed by atoms with van der Waals surface area (Å²) < 4.78 is 5.54. The second kappa shape index (κ2) is 8.08. The lowest BCUT2D eigenvalue weighted by Gasteiger charge is -2.35. The zero-order valence-electron chi connectivity index (χ0n) is 9.95. The molecule has 1 heterocycles. The zero-order valence-corrected chi connectivity index (χ0v) is 9.95. The standard InChI is InChI=1S/C12H25NO2/c1-2-3-4-5-8-15-9-6-7-13-10-12(14)11-13/h12,14H,2-11H2,1H3. The summed E-state index contributed by atoms with van der Waals surface area (Å²) in [4.78, 5) is 2.27. The van der Waals surface area contributed by atoms with Gasteiger partial charge in [-0.1, -0.05) is 26.2 Å². The summed E-state index contributed by atoms with van der Waals surface area (Å²) in [6.07, 6.45) is 6.15. The number of rotatable bonds is 9. The fraction of sp³-hybridized carbons (Fsp3) is 1.00. The molecule has 3 heteroatoms. The Labute approximate surface area is 93.4 Å². The third-order valence-corrected chi connectivity index (χ3v) is 2.84. The van der Waals surface area contributed by atoms with Gasteiger partial charge in [0, 0.05) is 32.8 Å². The van der Waals surface area contributed by atoms with E-state index in [9.17, 15) is 0 Å². The van der Waals surface area contributed by atoms with E-state index < -0.39 is 0 Å². The van der Waals surface area contributed by atoms with Gasteiger partial charge in [0.25, 0.3) is 0 Å². The predicted molar refractivity (Wildman–Crippen MR) is 62.0 cm³/mol. The Morgan fingerprint density at radius 1 is 1.13 bits per heavy atom. The van der Waals surface area contributed by atoms with E-state index in [1.165, 1.54) is 25.7 Å². The van der Waals surface area contributed by atoms with Gasteiger partial charge in [0.05, 0.1) is 6.10 Å². The summed E-state index contributed by atoms with van der Waals surface area (Å²) in [5.41, 5.74) is 0. The summed E-state index contributed by atoms with van der Waals surface area (Å²) in [5.74, 6) is 0. The second-order valence-electron chi connectivity index (χ2n) is 4.44. The molecule has 1 fully saturated rings. The first kappa shape index (κ1) is 12.9. The number of nitrogens with zero attached hydrogens (tertiary/aromatic N) is 1. The van der Waals surface area contributed by atoms with Crippen molar-refractivity contribution in [3.8, 4) is 0 Å². The van der Waals surface area contributed by atoms with Gasteiger partial charge < -0.3 is 9.84 Å². The largest absolute Gasteiger partial charge is 0.390 e. The molecule has 0 radical (unpaired) electrons. The highest BCUT2D eigenvalue weighted by molar-refractivity contribution is 4.77. The molecule has 0 unspecified atom stereocenters. The predicted octanol–water partition coefficient (Wildman–Crippen LogP) is 1.65. The summed E-state index contributed by atoms with van der Waals surface area (Å²) in [6.45, 7) is 6.81. The molecule has 90 valence electrons. The molecule has 15 heavy (non-hydrogen) atoms. The van der Waals surface area contributed by atoms with Crippen LogP contribution in [0.2, 0.25) is 0 Å². The fourth-order valence-corrected chi connectivity index (χ4v) is 1.85. The number of unbranched alkanes of at least 4 members (excludes halogenated alkanes) is 3. The van der Waals surface area contributed by atoms with E-state index in [4.69, 9.17) is 9.84 Å². The van der Waals surface area contributed by atoms with Crippen LogP contribution in [0.15, 0.2) is 0 Å². The van der Waals surface area contributed by atoms with Crippen LogP contribution in [0.5, 0.6) is 0 Å². The third-order valence-electron chi connectivity index (χ3n) is 2.84. The monoisotopic (exact) mass is 215 g/mol. The van der Waals surface area contributed by atoms with E-state index in [2.05, 4.69) is 11.8 Å². The Hall–Kier alpha value is -0.120. The maximum absolute atomic E-state index is 9.07. The quantitative estimate of drug-likeness (QED) is 0.594. The average Bonchev–Trinajstić information content (AvgIpc) is 2.19. The minimum atomic E-state index is -0.0695. The lowest BCUT2D eigenvalue weighted by Crippen LogP contribution is -2.50. The van der Waals surface area contributed by atoms with Crippen LogP contribution in [-0.2, 0) is 4.74 Å². The van der Waals surface area contributed by atoms with Crippen LogP contribution in [0, 0.1) is 0 Å². The number of aliphatic hydroxyl groups is 1. The summed E-state index contributed by atoms with van der Waals surface area (Å²) in [5, 5.41) is 9.07. The topological polar surface area (TPSA) is 32.7 Å². The highest BCUT2D eigenvalue weighted by Gasteiger charge is 2.22. The molecule has 0 aliphatic carbocycles. The third kappa shape index (κ3) is 6.13. The van der Waals surface area contributed by atoms with Crippen LogP contribution < -0.4 is 0 Å². The zero-order chi connectivity index (χ0) is 10.9. The van der Waals surface area contributed by atoms with E-state index >= 15 is 0 Å². The maximum Gasteiger partial charge on any atom is 0.0793 e. The van der Waals surface area contributed by atoms with Crippen molar-refractivity contribution in [1.82, 2.24) is 4.90 Å². The Balaban J connectivity index is 1.70. The molecule has 1 N–H and O–H groups in total. The number of ether oxygens (including phenoxy) is 1. The Morgan fingerprint density at radius 3 is 2.53 bits per heavy atom. The molecule has 0 aromatic carbocycles. The first-order valence-electron chi connectivity index (χ1n) is 6.31. The minimum absolute atomic E-state index is 0.0695. The molecule has 3 nitrogen and oxygen atoms in total. The summed E-state index contributed by atoms with van der Waals surface area (Å²) >= 11 is 0. The van der Waals surface area contributed by atoms with E-state index in [0.717, 1.165) is 39.3 Å². The van der Waals surface area contributed by atoms with E-state index in [0.29, 0.717) is 0 Å². The highest BCUT2D eigenvalue weighted by atomic mass is 16.5. The van der Waals surface area contributed by atoms with Crippen molar-refractivity contribution >= 4 is 0 Å². The molecule has 1 saturated heterocycles. The molecule has 0 bridgehead atoms. The van der Waals surface area contributed by atoms with Crippen molar-refractivity contribution in [1.29, 1.82) is 0 Å². The average molecular weight is 215 g/mol. The van der Waals surface area contributed by atoms with Crippen molar-refractivity contribution in [2.45, 2.75) is 45.1 Å². The number of β-amino-alcohol motifs (C(OH)–C–C–N with tert-alkyl or cyclic N) is 1. The molecule has 0 saturated carbocycles. The molecule has 0 atom stereocenters. The lowest BCUT2D eigenvalue weighted by molar-refractivity contribution is -0.00323. The molecule has 0 aromatic heterocycles. The van der Waals surface area contributed by atoms with Crippen LogP contribution in [-0.4, -0.2) is 49.0 Å². The molecule has 1 aliphatic rings. The van der Waals surface area contributed by atoms with Gasteiger partial charge in [0.2, 0.25) is 0 Å². The Bertz CT molecular complexity index is 147. The molecular weight excluding hydrogens is 190 g/mol. The molecule has 0 aromatic rings. The van der Waals surface area contributed by atoms with Crippen LogP contribution in [0.25, 0.3) is 0 Å². The van der Waals surface area contributed by atoms with Gasteiger partial charge in [-0.25, -0.2) is 0 Å². The number of hydrogen-bond donors (Lipinski definition) is 1. The van der Waals surface area contributed by atoms with Crippen LogP contribution in [0.1, 0.15) is 39.0 Å². The van der Waals surface area contributed by atoms with Gasteiger partial charge in [-0.15, -0.1) is 0 Å². The van der Waals surface area contributed by atoms with Crippen molar-refractivity contribution in [3.05, 3.63) is 0 Å². The van der Waals surface area contributed by atoms with Gasteiger partial charge in [-0.05, 0) is 12.8 Å². The van der Waals surface area contributed by atoms with E-state index in [1.807, 2.05) is 0 Å². The SMILES string of the molecule is CCCCCCOCCCN1CC(O)C1. The molecule has 0 spiro atoms. The fourth-order valence-electron chi connectivity index (χ4n) is 1.85. The first-order chi connectivity index (χ1) is 7.33. The van der Waals surface area contributed by atoms with Gasteiger partial charge in [-0.2, -0.15) is 0 Å². The van der Waals surface area contributed by atoms with Crippen molar-refractivity contribution < 1.29 is 9.84 Å². The number of likely N-dealkylation sites (tertiary alicyclic amines) is 1. The van der Waals surface area contributed by atoms with Crippen molar-refractivity contribution in [2.24, 2.45) is 0 Å². The summed E-state index contributed by atoms with van der Waals surface area (Å²) in [7, 11) is 0. The number of hydrogen-bond acceptors (Lipinski definition) is 3. The van der Waals surface area contributed by atoms with Crippen molar-refractivity contribution in [3.63, 3.8) is 0 Å². The van der Waals surface area contributed by atoms with E-state index in [1.54, 1.807) is 0 Å². The molecule has 1 aliphatic heterocycles. The van der Waals surface area contributed by atoms with Crippen molar-refractivity contribution in [2.75, 3.05) is 32.8 Å². The first-order valence-corrected chi connectivity index (χ1v) is 6.31. The lowest BCUT2D eigenvalue weighted by atomic mass is 10.1. The molecule has 0 amide bonds. The smallest absolute Gasteiger partial charge is 0.0793 e. The Kier molecular flexibility index (Phi) is 6.98. The van der Waals surface area contributed by atoms with Crippen LogP contribution in [0.4, 0.5) is 0 Å². The summed E-state index contributed by atoms with van der Waals surface area (Å²) in [6, 6.07) is 0. The number of aliphatic hydroxyl groups excluding tert-OH is 1. The van der Waals surface area contributed by atoms with Gasteiger partial charge >= 0.3 is 0 Å². The van der Waals surface area contributed by atoms with Gasteiger partial charge in [0.15, 0.2) is 0 Å². The van der Waals surface area contributed by atoms with Gasteiger partial charge in [0.1, 0.15) is 0 Å². The maximum atomic E-state index is 9.07. The molecular formula is C12H25NO2. The minimum Gasteiger partial charge on any atom is -0.390 e. The van der Waals surface area contributed by atoms with Crippen LogP contribution >= 0.6 is 0 Å². The van der Waals surface area contributed by atoms with Gasteiger partial charge in [-0.3, -0.25) is 4.90 Å².